The van der Waals surface area contributed by atoms with Gasteiger partial charge in [0.05, 0.1) is 5.69 Å². The highest BCUT2D eigenvalue weighted by molar-refractivity contribution is 5.15. The third-order valence-corrected chi connectivity index (χ3v) is 3.47. The van der Waals surface area contributed by atoms with E-state index in [1.807, 2.05) is 0 Å². The van der Waals surface area contributed by atoms with Gasteiger partial charge in [-0.05, 0) is 32.2 Å². The van der Waals surface area contributed by atoms with Crippen LogP contribution in [0.2, 0.25) is 0 Å². The largest absolute Gasteiger partial charge is 0.445 e. The molecule has 1 aliphatic carbocycles. The second-order valence-corrected chi connectivity index (χ2v) is 4.68. The van der Waals surface area contributed by atoms with Gasteiger partial charge >= 0.3 is 0 Å². The fourth-order valence-corrected chi connectivity index (χ4v) is 2.64. The van der Waals surface area contributed by atoms with Crippen LogP contribution in [0.4, 0.5) is 0 Å². The van der Waals surface area contributed by atoms with Crippen molar-refractivity contribution in [3.05, 3.63) is 17.3 Å². The quantitative estimate of drug-likeness (QED) is 0.802. The lowest BCUT2D eigenvalue weighted by molar-refractivity contribution is 0.360. The van der Waals surface area contributed by atoms with Crippen molar-refractivity contribution in [2.24, 2.45) is 0 Å². The summed E-state index contributed by atoms with van der Waals surface area (Å²) in [5.41, 5.74) is 1.22. The van der Waals surface area contributed by atoms with Gasteiger partial charge in [-0.25, -0.2) is 4.98 Å². The first-order chi connectivity index (χ1) is 7.42. The summed E-state index contributed by atoms with van der Waals surface area (Å²) in [7, 11) is 0. The zero-order valence-electron chi connectivity index (χ0n) is 9.09. The molecule has 15 heavy (non-hydrogen) atoms. The molecule has 0 radical (unpaired) electrons. The number of aromatic nitrogens is 1. The molecule has 1 N–H and O–H groups in total. The monoisotopic (exact) mass is 206 g/mol. The molecule has 2 aliphatic rings. The van der Waals surface area contributed by atoms with Crippen molar-refractivity contribution in [2.45, 2.75) is 51.0 Å². The molecule has 0 saturated carbocycles. The van der Waals surface area contributed by atoms with E-state index >= 15 is 0 Å². The van der Waals surface area contributed by atoms with Crippen LogP contribution in [0.5, 0.6) is 0 Å². The van der Waals surface area contributed by atoms with Gasteiger partial charge in [0.1, 0.15) is 5.76 Å². The number of piperidine rings is 1. The summed E-state index contributed by atoms with van der Waals surface area (Å²) in [6.45, 7) is 1.16. The first-order valence-electron chi connectivity index (χ1n) is 6.12. The van der Waals surface area contributed by atoms with Gasteiger partial charge in [0.2, 0.25) is 0 Å². The number of fused-ring (bicyclic) bond motifs is 1. The van der Waals surface area contributed by atoms with Crippen molar-refractivity contribution < 1.29 is 4.42 Å². The van der Waals surface area contributed by atoms with Gasteiger partial charge in [-0.1, -0.05) is 6.42 Å². The van der Waals surface area contributed by atoms with E-state index < -0.39 is 0 Å². The minimum atomic E-state index is 0.595. The minimum absolute atomic E-state index is 0.595. The highest BCUT2D eigenvalue weighted by atomic mass is 16.4. The summed E-state index contributed by atoms with van der Waals surface area (Å²) >= 11 is 0. The number of nitrogens with zero attached hydrogens (tertiary/aromatic N) is 1. The molecule has 1 atom stereocenters. The summed E-state index contributed by atoms with van der Waals surface area (Å²) < 4.78 is 5.78. The average molecular weight is 206 g/mol. The number of nitrogens with one attached hydrogen (secondary N) is 1. The Morgan fingerprint density at radius 3 is 3.07 bits per heavy atom. The van der Waals surface area contributed by atoms with E-state index in [4.69, 9.17) is 4.42 Å². The molecule has 3 rings (SSSR count). The minimum Gasteiger partial charge on any atom is -0.445 e. The molecule has 3 heteroatoms. The van der Waals surface area contributed by atoms with Gasteiger partial charge in [-0.3, -0.25) is 0 Å². The molecule has 2 heterocycles. The van der Waals surface area contributed by atoms with Crippen LogP contribution in [-0.2, 0) is 19.3 Å². The molecule has 3 nitrogen and oxygen atoms in total. The van der Waals surface area contributed by atoms with Crippen LogP contribution in [0, 0.1) is 0 Å². The van der Waals surface area contributed by atoms with Gasteiger partial charge in [0.15, 0.2) is 5.89 Å². The summed E-state index contributed by atoms with van der Waals surface area (Å²) in [6.07, 6.45) is 8.36. The van der Waals surface area contributed by atoms with Crippen LogP contribution >= 0.6 is 0 Å². The Bertz CT molecular complexity index is 318. The average Bonchev–Trinajstić information content (AvgIpc) is 2.79. The second-order valence-electron chi connectivity index (χ2n) is 4.68. The number of hydrogen-bond acceptors (Lipinski definition) is 3. The third kappa shape index (κ3) is 1.93. The van der Waals surface area contributed by atoms with Crippen LogP contribution in [0.25, 0.3) is 0 Å². The summed E-state index contributed by atoms with van der Waals surface area (Å²) in [6, 6.07) is 0.595. The van der Waals surface area contributed by atoms with Gasteiger partial charge < -0.3 is 9.73 Å². The molecule has 1 unspecified atom stereocenters. The topological polar surface area (TPSA) is 38.1 Å². The second kappa shape index (κ2) is 3.97. The lowest BCUT2D eigenvalue weighted by Gasteiger charge is -2.21. The Morgan fingerprint density at radius 2 is 2.27 bits per heavy atom. The molecule has 1 fully saturated rings. The van der Waals surface area contributed by atoms with Crippen LogP contribution in [0.3, 0.4) is 0 Å². The molecular formula is C12H18N2O. The van der Waals surface area contributed by atoms with Crippen LogP contribution < -0.4 is 5.32 Å². The zero-order valence-corrected chi connectivity index (χ0v) is 9.09. The predicted molar refractivity (Wildman–Crippen MR) is 57.9 cm³/mol. The number of aryl methyl sites for hydroxylation is 2. The van der Waals surface area contributed by atoms with E-state index in [1.165, 1.54) is 31.4 Å². The highest BCUT2D eigenvalue weighted by Crippen LogP contribution is 2.23. The van der Waals surface area contributed by atoms with Crippen molar-refractivity contribution in [1.29, 1.82) is 0 Å². The summed E-state index contributed by atoms with van der Waals surface area (Å²) in [4.78, 5) is 4.58. The molecule has 0 spiro atoms. The SMILES string of the molecule is C1CCC(Cc2nc3c(o2)CCC3)NC1. The summed E-state index contributed by atoms with van der Waals surface area (Å²) in [5, 5.41) is 3.53. The normalized spacial score (nSPS) is 25.5. The van der Waals surface area contributed by atoms with Crippen molar-refractivity contribution in [2.75, 3.05) is 6.54 Å². The first-order valence-corrected chi connectivity index (χ1v) is 6.12. The van der Waals surface area contributed by atoms with E-state index in [2.05, 4.69) is 10.3 Å². The first kappa shape index (κ1) is 9.40. The molecule has 0 bridgehead atoms. The third-order valence-electron chi connectivity index (χ3n) is 3.47. The van der Waals surface area contributed by atoms with E-state index in [0.717, 1.165) is 37.5 Å². The molecule has 82 valence electrons. The maximum Gasteiger partial charge on any atom is 0.196 e. The summed E-state index contributed by atoms with van der Waals surface area (Å²) in [5.74, 6) is 2.11. The van der Waals surface area contributed by atoms with Gasteiger partial charge in [0.25, 0.3) is 0 Å². The van der Waals surface area contributed by atoms with Gasteiger partial charge in [-0.2, -0.15) is 0 Å². The molecule has 1 aromatic heterocycles. The fraction of sp³-hybridized carbons (Fsp3) is 0.750. The van der Waals surface area contributed by atoms with Crippen LogP contribution in [-0.4, -0.2) is 17.6 Å². The van der Waals surface area contributed by atoms with E-state index in [9.17, 15) is 0 Å². The van der Waals surface area contributed by atoms with Crippen LogP contribution in [0.15, 0.2) is 4.42 Å². The smallest absolute Gasteiger partial charge is 0.196 e. The van der Waals surface area contributed by atoms with Crippen molar-refractivity contribution in [3.8, 4) is 0 Å². The lowest BCUT2D eigenvalue weighted by Crippen LogP contribution is -2.35. The fourth-order valence-electron chi connectivity index (χ4n) is 2.64. The standard InChI is InChI=1S/C12H18N2O/c1-2-7-13-9(4-1)8-12-14-10-5-3-6-11(10)15-12/h9,13H,1-8H2. The molecule has 1 saturated heterocycles. The highest BCUT2D eigenvalue weighted by Gasteiger charge is 2.21. The Balaban J connectivity index is 1.66. The van der Waals surface area contributed by atoms with Crippen molar-refractivity contribution >= 4 is 0 Å². The maximum atomic E-state index is 5.78. The molecule has 0 amide bonds. The zero-order chi connectivity index (χ0) is 10.1. The Labute approximate surface area is 90.3 Å². The van der Waals surface area contributed by atoms with Crippen molar-refractivity contribution in [1.82, 2.24) is 10.3 Å². The van der Waals surface area contributed by atoms with E-state index in [-0.39, 0.29) is 0 Å². The van der Waals surface area contributed by atoms with E-state index in [0.29, 0.717) is 6.04 Å². The van der Waals surface area contributed by atoms with E-state index in [1.54, 1.807) is 0 Å². The number of rotatable bonds is 2. The Hall–Kier alpha value is -0.830. The molecular weight excluding hydrogens is 188 g/mol. The van der Waals surface area contributed by atoms with Gasteiger partial charge in [0, 0.05) is 18.9 Å². The van der Waals surface area contributed by atoms with Crippen LogP contribution in [0.1, 0.15) is 43.0 Å². The van der Waals surface area contributed by atoms with Crippen molar-refractivity contribution in [3.63, 3.8) is 0 Å². The maximum absolute atomic E-state index is 5.78. The number of hydrogen-bond donors (Lipinski definition) is 1. The Morgan fingerprint density at radius 1 is 1.27 bits per heavy atom. The predicted octanol–water partition coefficient (Wildman–Crippen LogP) is 1.85. The lowest BCUT2D eigenvalue weighted by atomic mass is 10.0. The van der Waals surface area contributed by atoms with Gasteiger partial charge in [-0.15, -0.1) is 0 Å². The molecule has 1 aliphatic heterocycles. The molecule has 1 aromatic rings. The number of oxazole rings is 1. The molecule has 0 aromatic carbocycles. The Kier molecular flexibility index (Phi) is 2.49.